The van der Waals surface area contributed by atoms with Crippen molar-refractivity contribution in [3.63, 3.8) is 0 Å². The Morgan fingerprint density at radius 2 is 2.33 bits per heavy atom. The van der Waals surface area contributed by atoms with E-state index in [-0.39, 0.29) is 6.61 Å². The number of carboxylic acid groups (broad SMARTS) is 1. The number of hydrogen-bond acceptors (Lipinski definition) is 4. The SMILES string of the molecule is O=C(NCC1CCCS1)NC1(C(=O)O)CCOC1. The molecule has 18 heavy (non-hydrogen) atoms. The average molecular weight is 274 g/mol. The van der Waals surface area contributed by atoms with E-state index >= 15 is 0 Å². The van der Waals surface area contributed by atoms with Crippen LogP contribution < -0.4 is 10.6 Å². The largest absolute Gasteiger partial charge is 0.479 e. The lowest BCUT2D eigenvalue weighted by Crippen LogP contribution is -2.58. The van der Waals surface area contributed by atoms with E-state index in [0.717, 1.165) is 12.2 Å². The lowest BCUT2D eigenvalue weighted by atomic mass is 9.99. The first-order chi connectivity index (χ1) is 8.62. The molecule has 0 aromatic carbocycles. The van der Waals surface area contributed by atoms with Crippen molar-refractivity contribution in [3.8, 4) is 0 Å². The summed E-state index contributed by atoms with van der Waals surface area (Å²) in [5.41, 5.74) is -1.26. The predicted octanol–water partition coefficient (Wildman–Crippen LogP) is 0.425. The Kier molecular flexibility index (Phi) is 4.34. The molecular weight excluding hydrogens is 256 g/mol. The number of ether oxygens (including phenoxy) is 1. The van der Waals surface area contributed by atoms with Gasteiger partial charge in [0.2, 0.25) is 0 Å². The summed E-state index contributed by atoms with van der Waals surface area (Å²) in [6.45, 7) is 0.992. The van der Waals surface area contributed by atoms with Crippen molar-refractivity contribution in [1.82, 2.24) is 10.6 Å². The zero-order valence-corrected chi connectivity index (χ0v) is 10.9. The van der Waals surface area contributed by atoms with E-state index in [1.165, 1.54) is 6.42 Å². The molecule has 2 heterocycles. The van der Waals surface area contributed by atoms with E-state index in [4.69, 9.17) is 9.84 Å². The number of carbonyl (C=O) groups is 2. The van der Waals surface area contributed by atoms with E-state index in [1.54, 1.807) is 0 Å². The first kappa shape index (κ1) is 13.5. The van der Waals surface area contributed by atoms with E-state index in [2.05, 4.69) is 10.6 Å². The van der Waals surface area contributed by atoms with Gasteiger partial charge in [0, 0.05) is 24.8 Å². The summed E-state index contributed by atoms with van der Waals surface area (Å²) >= 11 is 1.85. The maximum Gasteiger partial charge on any atom is 0.332 e. The number of hydrogen-bond donors (Lipinski definition) is 3. The second-order valence-electron chi connectivity index (χ2n) is 4.66. The lowest BCUT2D eigenvalue weighted by molar-refractivity contribution is -0.144. The molecule has 0 spiro atoms. The van der Waals surface area contributed by atoms with Gasteiger partial charge in [-0.3, -0.25) is 0 Å². The van der Waals surface area contributed by atoms with Gasteiger partial charge in [-0.15, -0.1) is 0 Å². The Bertz CT molecular complexity index is 325. The van der Waals surface area contributed by atoms with Gasteiger partial charge in [-0.25, -0.2) is 9.59 Å². The highest BCUT2D eigenvalue weighted by atomic mass is 32.2. The summed E-state index contributed by atoms with van der Waals surface area (Å²) in [6.07, 6.45) is 2.61. The molecule has 0 aromatic rings. The standard InChI is InChI=1S/C11H18N2O4S/c14-9(15)11(3-4-17-7-11)13-10(16)12-6-8-2-1-5-18-8/h8H,1-7H2,(H,14,15)(H2,12,13,16). The topological polar surface area (TPSA) is 87.7 Å². The monoisotopic (exact) mass is 274 g/mol. The summed E-state index contributed by atoms with van der Waals surface area (Å²) in [5, 5.41) is 14.9. The van der Waals surface area contributed by atoms with Gasteiger partial charge in [0.1, 0.15) is 0 Å². The van der Waals surface area contributed by atoms with Crippen LogP contribution in [-0.4, -0.2) is 53.4 Å². The van der Waals surface area contributed by atoms with Gasteiger partial charge in [-0.2, -0.15) is 11.8 Å². The minimum Gasteiger partial charge on any atom is -0.479 e. The molecular formula is C11H18N2O4S. The second kappa shape index (κ2) is 5.79. The molecule has 3 N–H and O–H groups in total. The summed E-state index contributed by atoms with van der Waals surface area (Å²) in [6, 6.07) is -0.421. The minimum absolute atomic E-state index is 0.0356. The van der Waals surface area contributed by atoms with Crippen molar-refractivity contribution in [1.29, 1.82) is 0 Å². The maximum atomic E-state index is 11.7. The zero-order valence-electron chi connectivity index (χ0n) is 10.1. The fourth-order valence-electron chi connectivity index (χ4n) is 2.16. The van der Waals surface area contributed by atoms with Crippen LogP contribution in [0.2, 0.25) is 0 Å². The molecule has 0 radical (unpaired) electrons. The molecule has 2 aliphatic heterocycles. The number of amides is 2. The highest BCUT2D eigenvalue weighted by Gasteiger charge is 2.44. The number of carbonyl (C=O) groups excluding carboxylic acids is 1. The number of rotatable bonds is 4. The van der Waals surface area contributed by atoms with Crippen molar-refractivity contribution in [2.45, 2.75) is 30.1 Å². The maximum absolute atomic E-state index is 11.7. The van der Waals surface area contributed by atoms with Crippen molar-refractivity contribution in [2.24, 2.45) is 0 Å². The van der Waals surface area contributed by atoms with Crippen LogP contribution in [-0.2, 0) is 9.53 Å². The molecule has 0 saturated carbocycles. The molecule has 2 aliphatic rings. The van der Waals surface area contributed by atoms with Gasteiger partial charge in [0.05, 0.1) is 6.61 Å². The third-order valence-corrected chi connectivity index (χ3v) is 4.70. The molecule has 0 aromatic heterocycles. The fourth-order valence-corrected chi connectivity index (χ4v) is 3.36. The van der Waals surface area contributed by atoms with Crippen molar-refractivity contribution in [2.75, 3.05) is 25.5 Å². The number of urea groups is 1. The molecule has 2 atom stereocenters. The molecule has 6 nitrogen and oxygen atoms in total. The summed E-state index contributed by atoms with van der Waals surface area (Å²) < 4.78 is 5.07. The van der Waals surface area contributed by atoms with Crippen molar-refractivity contribution < 1.29 is 19.4 Å². The number of thioether (sulfide) groups is 1. The van der Waals surface area contributed by atoms with Gasteiger partial charge < -0.3 is 20.5 Å². The Balaban J connectivity index is 1.80. The zero-order chi connectivity index (χ0) is 13.0. The van der Waals surface area contributed by atoms with Gasteiger partial charge in [-0.1, -0.05) is 0 Å². The van der Waals surface area contributed by atoms with Crippen LogP contribution in [0.15, 0.2) is 0 Å². The van der Waals surface area contributed by atoms with Gasteiger partial charge >= 0.3 is 12.0 Å². The average Bonchev–Trinajstić information content (AvgIpc) is 2.97. The van der Waals surface area contributed by atoms with Crippen LogP contribution in [0.5, 0.6) is 0 Å². The molecule has 2 rings (SSSR count). The molecule has 2 unspecified atom stereocenters. The Morgan fingerprint density at radius 3 is 2.89 bits per heavy atom. The van der Waals surface area contributed by atoms with Crippen molar-refractivity contribution >= 4 is 23.8 Å². The van der Waals surface area contributed by atoms with Crippen LogP contribution >= 0.6 is 11.8 Å². The molecule has 7 heteroatoms. The third kappa shape index (κ3) is 3.08. The second-order valence-corrected chi connectivity index (χ2v) is 6.07. The molecule has 2 fully saturated rings. The molecule has 0 bridgehead atoms. The molecule has 2 amide bonds. The minimum atomic E-state index is -1.26. The normalized spacial score (nSPS) is 31.2. The van der Waals surface area contributed by atoms with Crippen molar-refractivity contribution in [3.05, 3.63) is 0 Å². The quantitative estimate of drug-likeness (QED) is 0.692. The first-order valence-corrected chi connectivity index (χ1v) is 7.16. The first-order valence-electron chi connectivity index (χ1n) is 6.11. The van der Waals surface area contributed by atoms with Gasteiger partial charge in [0.15, 0.2) is 5.54 Å². The Hall–Kier alpha value is -0.950. The summed E-state index contributed by atoms with van der Waals surface area (Å²) in [5.74, 6) is 0.103. The summed E-state index contributed by atoms with van der Waals surface area (Å²) in [4.78, 5) is 22.9. The van der Waals surface area contributed by atoms with Crippen LogP contribution in [0, 0.1) is 0 Å². The predicted molar refractivity (Wildman–Crippen MR) is 67.8 cm³/mol. The third-order valence-electron chi connectivity index (χ3n) is 3.30. The fraction of sp³-hybridized carbons (Fsp3) is 0.818. The smallest absolute Gasteiger partial charge is 0.332 e. The van der Waals surface area contributed by atoms with Gasteiger partial charge in [-0.05, 0) is 18.6 Å². The van der Waals surface area contributed by atoms with Crippen LogP contribution in [0.1, 0.15) is 19.3 Å². The Morgan fingerprint density at radius 1 is 1.50 bits per heavy atom. The lowest BCUT2D eigenvalue weighted by Gasteiger charge is -2.24. The highest BCUT2D eigenvalue weighted by molar-refractivity contribution is 8.00. The van der Waals surface area contributed by atoms with E-state index < -0.39 is 17.5 Å². The van der Waals surface area contributed by atoms with Gasteiger partial charge in [0.25, 0.3) is 0 Å². The number of carboxylic acids is 1. The van der Waals surface area contributed by atoms with Crippen LogP contribution in [0.4, 0.5) is 4.79 Å². The highest BCUT2D eigenvalue weighted by Crippen LogP contribution is 2.25. The molecule has 102 valence electrons. The van der Waals surface area contributed by atoms with E-state index in [0.29, 0.717) is 24.8 Å². The summed E-state index contributed by atoms with van der Waals surface area (Å²) in [7, 11) is 0. The van der Waals surface area contributed by atoms with Crippen LogP contribution in [0.25, 0.3) is 0 Å². The molecule has 2 saturated heterocycles. The molecule has 0 aliphatic carbocycles. The van der Waals surface area contributed by atoms with E-state index in [1.807, 2.05) is 11.8 Å². The van der Waals surface area contributed by atoms with E-state index in [9.17, 15) is 9.59 Å². The van der Waals surface area contributed by atoms with Crippen LogP contribution in [0.3, 0.4) is 0 Å². The number of nitrogens with one attached hydrogen (secondary N) is 2. The Labute approximate surface area is 110 Å². The number of aliphatic carboxylic acids is 1.